The van der Waals surface area contributed by atoms with Gasteiger partial charge in [-0.15, -0.1) is 0 Å². The minimum atomic E-state index is -0.0214. The van der Waals surface area contributed by atoms with Gasteiger partial charge in [0.05, 0.1) is 0 Å². The van der Waals surface area contributed by atoms with Crippen molar-refractivity contribution < 1.29 is 4.79 Å². The third kappa shape index (κ3) is 4.42. The average molecular weight is 156 g/mol. The average Bonchev–Trinajstić information content (AvgIpc) is 1.86. The molecule has 0 aliphatic rings. The summed E-state index contributed by atoms with van der Waals surface area (Å²) >= 11 is 0. The maximum absolute atomic E-state index is 11.1. The van der Waals surface area contributed by atoms with E-state index in [1.807, 2.05) is 6.92 Å². The van der Waals surface area contributed by atoms with Gasteiger partial charge in [0.15, 0.2) is 0 Å². The Hall–Kier alpha value is -0.990. The number of nitrogens with two attached hydrogens (primary N) is 1. The smallest absolute Gasteiger partial charge is 0.248 e. The summed E-state index contributed by atoms with van der Waals surface area (Å²) in [6.45, 7) is 4.52. The van der Waals surface area contributed by atoms with E-state index in [9.17, 15) is 4.79 Å². The fourth-order valence-electron chi connectivity index (χ4n) is 0.751. The second-order valence-corrected chi connectivity index (χ2v) is 2.65. The molecule has 1 amide bonds. The highest BCUT2D eigenvalue weighted by atomic mass is 16.2. The Labute approximate surface area is 67.9 Å². The molecule has 0 atom stereocenters. The second kappa shape index (κ2) is 4.77. The highest BCUT2D eigenvalue weighted by Gasteiger charge is 2.02. The van der Waals surface area contributed by atoms with Crippen molar-refractivity contribution in [2.75, 3.05) is 13.6 Å². The number of allylic oxidation sites excluding steroid dienone is 1. The van der Waals surface area contributed by atoms with Crippen LogP contribution in [0.5, 0.6) is 0 Å². The lowest BCUT2D eigenvalue weighted by atomic mass is 10.3. The van der Waals surface area contributed by atoms with Crippen LogP contribution in [0.1, 0.15) is 20.3 Å². The van der Waals surface area contributed by atoms with Crippen LogP contribution in [0.2, 0.25) is 0 Å². The molecule has 0 aromatic rings. The molecular formula is C8H16N2O. The van der Waals surface area contributed by atoms with Gasteiger partial charge in [0, 0.05) is 25.4 Å². The largest absolute Gasteiger partial charge is 0.402 e. The first kappa shape index (κ1) is 10.0. The Bertz CT molecular complexity index is 159. The predicted molar refractivity (Wildman–Crippen MR) is 45.9 cm³/mol. The Morgan fingerprint density at radius 3 is 2.55 bits per heavy atom. The lowest BCUT2D eigenvalue weighted by Gasteiger charge is -2.13. The lowest BCUT2D eigenvalue weighted by Crippen LogP contribution is -2.26. The zero-order valence-corrected chi connectivity index (χ0v) is 7.42. The number of hydrogen-bond acceptors (Lipinski definition) is 2. The van der Waals surface area contributed by atoms with Crippen LogP contribution in [0, 0.1) is 0 Å². The van der Waals surface area contributed by atoms with Gasteiger partial charge in [0.1, 0.15) is 0 Å². The summed E-state index contributed by atoms with van der Waals surface area (Å²) < 4.78 is 0. The zero-order chi connectivity index (χ0) is 8.85. The van der Waals surface area contributed by atoms with Gasteiger partial charge in [-0.25, -0.2) is 0 Å². The highest BCUT2D eigenvalue weighted by molar-refractivity contribution is 5.87. The first-order valence-electron chi connectivity index (χ1n) is 3.76. The molecule has 0 unspecified atom stereocenters. The number of rotatable bonds is 3. The third-order valence-corrected chi connectivity index (χ3v) is 1.29. The molecule has 3 heteroatoms. The molecule has 2 N–H and O–H groups in total. The molecule has 0 spiro atoms. The van der Waals surface area contributed by atoms with Gasteiger partial charge in [0.25, 0.3) is 0 Å². The van der Waals surface area contributed by atoms with Crippen molar-refractivity contribution in [3.8, 4) is 0 Å². The van der Waals surface area contributed by atoms with E-state index in [1.54, 1.807) is 18.9 Å². The summed E-state index contributed by atoms with van der Waals surface area (Å²) in [4.78, 5) is 12.8. The minimum absolute atomic E-state index is 0.0214. The standard InChI is InChI=1S/C8H16N2O/c1-4-5-10(3)8(11)6-7(2)9/h6H,4-5,9H2,1-3H3/b7-6-. The first-order chi connectivity index (χ1) is 5.07. The molecule has 64 valence electrons. The first-order valence-corrected chi connectivity index (χ1v) is 3.76. The fourth-order valence-corrected chi connectivity index (χ4v) is 0.751. The van der Waals surface area contributed by atoms with Gasteiger partial charge < -0.3 is 10.6 Å². The van der Waals surface area contributed by atoms with Crippen LogP contribution >= 0.6 is 0 Å². The molecule has 11 heavy (non-hydrogen) atoms. The summed E-state index contributed by atoms with van der Waals surface area (Å²) in [5.74, 6) is -0.0214. The van der Waals surface area contributed by atoms with Crippen molar-refractivity contribution in [2.24, 2.45) is 5.73 Å². The van der Waals surface area contributed by atoms with Crippen molar-refractivity contribution in [2.45, 2.75) is 20.3 Å². The topological polar surface area (TPSA) is 46.3 Å². The van der Waals surface area contributed by atoms with E-state index in [-0.39, 0.29) is 5.91 Å². The van der Waals surface area contributed by atoms with Crippen LogP contribution in [-0.4, -0.2) is 24.4 Å². The van der Waals surface area contributed by atoms with Gasteiger partial charge in [-0.05, 0) is 13.3 Å². The van der Waals surface area contributed by atoms with Gasteiger partial charge in [-0.2, -0.15) is 0 Å². The number of carbonyl (C=O) groups excluding carboxylic acids is 1. The van der Waals surface area contributed by atoms with Crippen LogP contribution in [0.3, 0.4) is 0 Å². The fraction of sp³-hybridized carbons (Fsp3) is 0.625. The molecule has 0 aromatic heterocycles. The van der Waals surface area contributed by atoms with Gasteiger partial charge in [-0.3, -0.25) is 4.79 Å². The van der Waals surface area contributed by atoms with Crippen LogP contribution in [0.4, 0.5) is 0 Å². The van der Waals surface area contributed by atoms with Crippen LogP contribution in [0.15, 0.2) is 11.8 Å². The maximum Gasteiger partial charge on any atom is 0.248 e. The molecule has 0 rings (SSSR count). The molecule has 0 radical (unpaired) electrons. The molecule has 0 aliphatic heterocycles. The number of hydrogen-bond donors (Lipinski definition) is 1. The van der Waals surface area contributed by atoms with Crippen LogP contribution < -0.4 is 5.73 Å². The molecule has 0 saturated carbocycles. The number of amides is 1. The van der Waals surface area contributed by atoms with Gasteiger partial charge >= 0.3 is 0 Å². The minimum Gasteiger partial charge on any atom is -0.402 e. The lowest BCUT2D eigenvalue weighted by molar-refractivity contribution is -0.124. The van der Waals surface area contributed by atoms with Crippen molar-refractivity contribution in [3.05, 3.63) is 11.8 Å². The molecule has 0 saturated heterocycles. The van der Waals surface area contributed by atoms with Crippen molar-refractivity contribution in [1.82, 2.24) is 4.90 Å². The molecule has 0 heterocycles. The molecule has 0 aromatic carbocycles. The molecule has 0 aliphatic carbocycles. The van der Waals surface area contributed by atoms with Gasteiger partial charge in [0.2, 0.25) is 5.91 Å². The van der Waals surface area contributed by atoms with Crippen LogP contribution in [-0.2, 0) is 4.79 Å². The quantitative estimate of drug-likeness (QED) is 0.612. The Morgan fingerprint density at radius 1 is 1.64 bits per heavy atom. The summed E-state index contributed by atoms with van der Waals surface area (Å²) in [6.07, 6.45) is 2.41. The Morgan fingerprint density at radius 2 is 2.18 bits per heavy atom. The third-order valence-electron chi connectivity index (χ3n) is 1.29. The SMILES string of the molecule is CCCN(C)C(=O)/C=C(/C)N. The normalized spacial score (nSPS) is 11.4. The number of carbonyl (C=O) groups is 1. The van der Waals surface area contributed by atoms with E-state index in [1.165, 1.54) is 6.08 Å². The second-order valence-electron chi connectivity index (χ2n) is 2.65. The zero-order valence-electron chi connectivity index (χ0n) is 7.42. The molecular weight excluding hydrogens is 140 g/mol. The van der Waals surface area contributed by atoms with E-state index in [2.05, 4.69) is 0 Å². The highest BCUT2D eigenvalue weighted by Crippen LogP contribution is 1.90. The van der Waals surface area contributed by atoms with E-state index >= 15 is 0 Å². The summed E-state index contributed by atoms with van der Waals surface area (Å²) in [6, 6.07) is 0. The molecule has 0 fully saturated rings. The number of nitrogens with zero attached hydrogens (tertiary/aromatic N) is 1. The Kier molecular flexibility index (Phi) is 4.34. The van der Waals surface area contributed by atoms with Crippen molar-refractivity contribution in [1.29, 1.82) is 0 Å². The summed E-state index contributed by atoms with van der Waals surface area (Å²) in [7, 11) is 1.77. The van der Waals surface area contributed by atoms with Crippen LogP contribution in [0.25, 0.3) is 0 Å². The summed E-state index contributed by atoms with van der Waals surface area (Å²) in [5.41, 5.74) is 5.89. The maximum atomic E-state index is 11.1. The van der Waals surface area contributed by atoms with E-state index in [0.29, 0.717) is 5.70 Å². The van der Waals surface area contributed by atoms with E-state index in [4.69, 9.17) is 5.73 Å². The van der Waals surface area contributed by atoms with Crippen molar-refractivity contribution >= 4 is 5.91 Å². The van der Waals surface area contributed by atoms with Crippen molar-refractivity contribution in [3.63, 3.8) is 0 Å². The molecule has 0 bridgehead atoms. The Balaban J connectivity index is 3.93. The summed E-state index contributed by atoms with van der Waals surface area (Å²) in [5, 5.41) is 0. The van der Waals surface area contributed by atoms with E-state index in [0.717, 1.165) is 13.0 Å². The van der Waals surface area contributed by atoms with E-state index < -0.39 is 0 Å². The predicted octanol–water partition coefficient (Wildman–Crippen LogP) is 0.717. The number of likely N-dealkylation sites (N-methyl/N-ethyl adjacent to an activating group) is 1. The van der Waals surface area contributed by atoms with Gasteiger partial charge in [-0.1, -0.05) is 6.92 Å². The molecule has 3 nitrogen and oxygen atoms in total. The monoisotopic (exact) mass is 156 g/mol.